The zero-order valence-electron chi connectivity index (χ0n) is 25.6. The van der Waals surface area contributed by atoms with Crippen LogP contribution in [0, 0.1) is 17.6 Å². The number of aromatic nitrogens is 2. The maximum atomic E-state index is 14.0. The molecule has 3 aliphatic heterocycles. The quantitative estimate of drug-likeness (QED) is 0.349. The summed E-state index contributed by atoms with van der Waals surface area (Å²) in [7, 11) is -4.31. The van der Waals surface area contributed by atoms with Gasteiger partial charge in [-0.2, -0.15) is 9.40 Å². The van der Waals surface area contributed by atoms with Crippen molar-refractivity contribution in [2.75, 3.05) is 61.6 Å². The summed E-state index contributed by atoms with van der Waals surface area (Å²) >= 11 is 0. The number of fused-ring (bicyclic) bond motifs is 1. The average Bonchev–Trinajstić information content (AvgIpc) is 3.44. The van der Waals surface area contributed by atoms with E-state index in [1.807, 2.05) is 0 Å². The molecule has 2 amide bonds. The molecule has 12 nitrogen and oxygen atoms in total. The number of ether oxygens (including phenoxy) is 2. The molecule has 0 aliphatic carbocycles. The lowest BCUT2D eigenvalue weighted by Crippen LogP contribution is -2.45. The third-order valence-electron chi connectivity index (χ3n) is 8.63. The molecular formula is C31H36F2N6O6S. The number of benzene rings is 2. The van der Waals surface area contributed by atoms with Crippen molar-refractivity contribution in [3.63, 3.8) is 0 Å². The molecule has 2 aromatic carbocycles. The number of carbonyl (C=O) groups is 2. The van der Waals surface area contributed by atoms with E-state index in [9.17, 15) is 26.8 Å². The molecule has 2 saturated heterocycles. The zero-order valence-corrected chi connectivity index (χ0v) is 26.4. The number of carbonyl (C=O) groups excluding carboxylic acids is 2. The Labute approximate surface area is 265 Å². The van der Waals surface area contributed by atoms with Crippen LogP contribution in [0.2, 0.25) is 0 Å². The van der Waals surface area contributed by atoms with Gasteiger partial charge in [0.25, 0.3) is 5.91 Å². The number of hydrogen-bond donors (Lipinski definition) is 3. The van der Waals surface area contributed by atoms with Crippen LogP contribution in [-0.2, 0) is 36.3 Å². The first-order chi connectivity index (χ1) is 21.9. The number of amides is 2. The summed E-state index contributed by atoms with van der Waals surface area (Å²) in [6.07, 6.45) is 1.15. The molecule has 46 heavy (non-hydrogen) atoms. The number of nitrogens with one attached hydrogen (secondary N) is 3. The summed E-state index contributed by atoms with van der Waals surface area (Å²) in [5.74, 6) is -2.92. The lowest BCUT2D eigenvalue weighted by Gasteiger charge is -2.36. The zero-order chi connectivity index (χ0) is 32.6. The molecule has 3 N–H and O–H groups in total. The van der Waals surface area contributed by atoms with Gasteiger partial charge in [0.05, 0.1) is 29.4 Å². The van der Waals surface area contributed by atoms with Crippen molar-refractivity contribution in [1.29, 1.82) is 0 Å². The lowest BCUT2D eigenvalue weighted by molar-refractivity contribution is -0.122. The van der Waals surface area contributed by atoms with Gasteiger partial charge in [-0.3, -0.25) is 14.7 Å². The molecule has 4 heterocycles. The van der Waals surface area contributed by atoms with Gasteiger partial charge in [-0.25, -0.2) is 17.2 Å². The number of anilines is 3. The second-order valence-corrected chi connectivity index (χ2v) is 14.3. The first-order valence-corrected chi connectivity index (χ1v) is 16.6. The highest BCUT2D eigenvalue weighted by Gasteiger charge is 2.41. The summed E-state index contributed by atoms with van der Waals surface area (Å²) in [4.78, 5) is 28.7. The number of nitrogens with zero attached hydrogens (tertiary/aromatic N) is 3. The SMILES string of the molecule is CC1(C)CN(S(=O)(=O)c2cc(F)cc(F)c2)Cc2c(NC(=O)c3ccc(N4CCOCC4)cc3NC(=O)C3CCOCC3)n[nH]c21. The molecule has 0 bridgehead atoms. The van der Waals surface area contributed by atoms with E-state index in [2.05, 4.69) is 25.7 Å². The minimum Gasteiger partial charge on any atom is -0.381 e. The van der Waals surface area contributed by atoms with Crippen molar-refractivity contribution in [3.05, 3.63) is 64.9 Å². The number of H-pyrrole nitrogens is 1. The van der Waals surface area contributed by atoms with Gasteiger partial charge < -0.3 is 25.0 Å². The molecule has 3 aliphatic rings. The highest BCUT2D eigenvalue weighted by Crippen LogP contribution is 2.38. The van der Waals surface area contributed by atoms with E-state index in [0.29, 0.717) is 75.4 Å². The average molecular weight is 659 g/mol. The van der Waals surface area contributed by atoms with Crippen LogP contribution in [0.3, 0.4) is 0 Å². The summed E-state index contributed by atoms with van der Waals surface area (Å²) in [5.41, 5.74) is 1.61. The molecule has 2 fully saturated rings. The number of hydrogen-bond acceptors (Lipinski definition) is 8. The Bertz CT molecular complexity index is 1730. The van der Waals surface area contributed by atoms with Crippen LogP contribution in [0.1, 0.15) is 48.3 Å². The Morgan fingerprint density at radius 1 is 0.978 bits per heavy atom. The monoisotopic (exact) mass is 658 g/mol. The van der Waals surface area contributed by atoms with Crippen LogP contribution >= 0.6 is 0 Å². The van der Waals surface area contributed by atoms with Crippen LogP contribution in [0.5, 0.6) is 0 Å². The molecule has 0 saturated carbocycles. The topological polar surface area (TPSA) is 146 Å². The van der Waals surface area contributed by atoms with Crippen LogP contribution in [0.25, 0.3) is 0 Å². The molecule has 246 valence electrons. The van der Waals surface area contributed by atoms with Gasteiger partial charge in [0, 0.05) is 73.7 Å². The Morgan fingerprint density at radius 3 is 2.35 bits per heavy atom. The number of sulfonamides is 1. The van der Waals surface area contributed by atoms with Gasteiger partial charge in [0.2, 0.25) is 15.9 Å². The summed E-state index contributed by atoms with van der Waals surface area (Å²) in [6, 6.07) is 7.37. The van der Waals surface area contributed by atoms with E-state index in [4.69, 9.17) is 9.47 Å². The van der Waals surface area contributed by atoms with Crippen molar-refractivity contribution in [2.24, 2.45) is 5.92 Å². The molecule has 3 aromatic rings. The molecular weight excluding hydrogens is 622 g/mol. The van der Waals surface area contributed by atoms with Crippen molar-refractivity contribution in [3.8, 4) is 0 Å². The number of halogens is 2. The highest BCUT2D eigenvalue weighted by atomic mass is 32.2. The van der Waals surface area contributed by atoms with E-state index in [-0.39, 0.29) is 36.3 Å². The first-order valence-electron chi connectivity index (χ1n) is 15.1. The van der Waals surface area contributed by atoms with Crippen LogP contribution in [-0.4, -0.2) is 80.8 Å². The smallest absolute Gasteiger partial charge is 0.258 e. The van der Waals surface area contributed by atoms with E-state index in [0.717, 1.165) is 22.1 Å². The largest absolute Gasteiger partial charge is 0.381 e. The van der Waals surface area contributed by atoms with Gasteiger partial charge >= 0.3 is 0 Å². The van der Waals surface area contributed by atoms with Crippen molar-refractivity contribution >= 4 is 39.0 Å². The van der Waals surface area contributed by atoms with Crippen LogP contribution in [0.15, 0.2) is 41.3 Å². The summed E-state index contributed by atoms with van der Waals surface area (Å²) in [5, 5.41) is 13.0. The third-order valence-corrected chi connectivity index (χ3v) is 10.4. The fourth-order valence-corrected chi connectivity index (χ4v) is 7.77. The van der Waals surface area contributed by atoms with Gasteiger partial charge in [-0.15, -0.1) is 0 Å². The standard InChI is InChI=1S/C31H36F2N6O6S/c1-31(2)18-39(46(42,43)23-14-20(32)13-21(33)15-23)17-25-27(31)36-37-28(25)35-30(41)24-4-3-22(38-7-11-45-12-8-38)16-26(24)34-29(40)19-5-9-44-10-6-19/h3-4,13-16,19H,5-12,17-18H2,1-2H3,(H,34,40)(H2,35,36,37,41). The van der Waals surface area contributed by atoms with E-state index in [1.165, 1.54) is 0 Å². The maximum Gasteiger partial charge on any atom is 0.258 e. The molecule has 15 heteroatoms. The Kier molecular flexibility index (Phi) is 8.85. The van der Waals surface area contributed by atoms with Crippen molar-refractivity contribution in [2.45, 2.75) is 43.5 Å². The molecule has 6 rings (SSSR count). The minimum atomic E-state index is -4.31. The van der Waals surface area contributed by atoms with Crippen LogP contribution in [0.4, 0.5) is 26.0 Å². The second-order valence-electron chi connectivity index (χ2n) is 12.3. The number of aromatic amines is 1. The van der Waals surface area contributed by atoms with Gasteiger partial charge in [-0.05, 0) is 43.2 Å². The Morgan fingerprint density at radius 2 is 1.65 bits per heavy atom. The fourth-order valence-electron chi connectivity index (χ4n) is 6.15. The molecule has 0 unspecified atom stereocenters. The van der Waals surface area contributed by atoms with Gasteiger partial charge in [-0.1, -0.05) is 13.8 Å². The van der Waals surface area contributed by atoms with Crippen molar-refractivity contribution in [1.82, 2.24) is 14.5 Å². The molecule has 1 aromatic heterocycles. The Hall–Kier alpha value is -3.92. The lowest BCUT2D eigenvalue weighted by atomic mass is 9.84. The first kappa shape index (κ1) is 32.0. The number of rotatable bonds is 7. The third kappa shape index (κ3) is 6.49. The second kappa shape index (κ2) is 12.7. The highest BCUT2D eigenvalue weighted by molar-refractivity contribution is 7.89. The Balaban J connectivity index is 1.29. The minimum absolute atomic E-state index is 0.00142. The predicted molar refractivity (Wildman–Crippen MR) is 165 cm³/mol. The van der Waals surface area contributed by atoms with E-state index < -0.39 is 37.9 Å². The van der Waals surface area contributed by atoms with E-state index >= 15 is 0 Å². The van der Waals surface area contributed by atoms with Crippen LogP contribution < -0.4 is 15.5 Å². The number of morpholine rings is 1. The summed E-state index contributed by atoms with van der Waals surface area (Å²) in [6.45, 7) is 6.83. The van der Waals surface area contributed by atoms with Gasteiger partial charge in [0.1, 0.15) is 11.6 Å². The normalized spacial score (nSPS) is 19.0. The fraction of sp³-hybridized carbons (Fsp3) is 0.452. The molecule has 0 radical (unpaired) electrons. The van der Waals surface area contributed by atoms with Gasteiger partial charge in [0.15, 0.2) is 5.82 Å². The maximum absolute atomic E-state index is 14.0. The molecule has 0 atom stereocenters. The predicted octanol–water partition coefficient (Wildman–Crippen LogP) is 3.62. The molecule has 0 spiro atoms. The van der Waals surface area contributed by atoms with Crippen molar-refractivity contribution < 1.29 is 36.3 Å². The van der Waals surface area contributed by atoms with E-state index in [1.54, 1.807) is 32.0 Å². The summed E-state index contributed by atoms with van der Waals surface area (Å²) < 4.78 is 66.9.